The second-order valence-electron chi connectivity index (χ2n) is 6.27. The van der Waals surface area contributed by atoms with Crippen LogP contribution in [0.5, 0.6) is 0 Å². The Labute approximate surface area is 174 Å². The third-order valence-electron chi connectivity index (χ3n) is 4.05. The molecule has 1 aromatic heterocycles. The van der Waals surface area contributed by atoms with Crippen LogP contribution >= 0.6 is 11.8 Å². The maximum Gasteiger partial charge on any atom is 0.263 e. The molecule has 1 atom stereocenters. The summed E-state index contributed by atoms with van der Waals surface area (Å²) in [5.74, 6) is 0.855. The zero-order chi connectivity index (χ0) is 20.7. The monoisotopic (exact) mass is 427 g/mol. The summed E-state index contributed by atoms with van der Waals surface area (Å²) in [5, 5.41) is 2.57. The van der Waals surface area contributed by atoms with E-state index >= 15 is 0 Å². The Morgan fingerprint density at radius 3 is 2.34 bits per heavy atom. The van der Waals surface area contributed by atoms with E-state index in [-0.39, 0.29) is 21.9 Å². The highest BCUT2D eigenvalue weighted by atomic mass is 32.2. The third kappa shape index (κ3) is 6.07. The summed E-state index contributed by atoms with van der Waals surface area (Å²) in [4.78, 5) is 16.4. The van der Waals surface area contributed by atoms with Crippen molar-refractivity contribution in [1.29, 1.82) is 0 Å². The molecule has 0 fully saturated rings. The van der Waals surface area contributed by atoms with Gasteiger partial charge in [0.1, 0.15) is 5.82 Å². The summed E-state index contributed by atoms with van der Waals surface area (Å²) in [6.45, 7) is 1.85. The molecule has 2 aromatic carbocycles. The molecule has 3 aromatic rings. The van der Waals surface area contributed by atoms with Crippen molar-refractivity contribution in [3.63, 3.8) is 0 Å². The molecule has 29 heavy (non-hydrogen) atoms. The van der Waals surface area contributed by atoms with Crippen LogP contribution in [0.2, 0.25) is 0 Å². The summed E-state index contributed by atoms with van der Waals surface area (Å²) in [5.41, 5.74) is 1.70. The van der Waals surface area contributed by atoms with Crippen LogP contribution in [0.15, 0.2) is 83.9 Å². The number of nitrogens with zero attached hydrogens (tertiary/aromatic N) is 1. The fraction of sp³-hybridized carbons (Fsp3) is 0.143. The van der Waals surface area contributed by atoms with Crippen molar-refractivity contribution >= 4 is 39.2 Å². The largest absolute Gasteiger partial charge is 0.325 e. The number of rotatable bonds is 8. The zero-order valence-corrected chi connectivity index (χ0v) is 17.4. The van der Waals surface area contributed by atoms with Crippen LogP contribution in [-0.4, -0.2) is 24.6 Å². The van der Waals surface area contributed by atoms with E-state index in [0.717, 1.165) is 11.3 Å². The summed E-state index contributed by atoms with van der Waals surface area (Å²) in [6, 6.07) is 20.9. The van der Waals surface area contributed by atoms with Crippen LogP contribution in [0.1, 0.15) is 12.5 Å². The van der Waals surface area contributed by atoms with E-state index in [1.165, 1.54) is 18.3 Å². The first-order valence-electron chi connectivity index (χ1n) is 8.94. The van der Waals surface area contributed by atoms with Gasteiger partial charge in [0, 0.05) is 17.6 Å². The van der Waals surface area contributed by atoms with E-state index in [9.17, 15) is 13.2 Å². The second-order valence-corrected chi connectivity index (χ2v) is 9.28. The summed E-state index contributed by atoms with van der Waals surface area (Å²) >= 11 is 1.54. The molecule has 0 spiro atoms. The zero-order valence-electron chi connectivity index (χ0n) is 15.8. The Balaban J connectivity index is 1.57. The quantitative estimate of drug-likeness (QED) is 0.564. The average Bonchev–Trinajstić information content (AvgIpc) is 2.73. The molecule has 2 N–H and O–H groups in total. The van der Waals surface area contributed by atoms with Crippen molar-refractivity contribution in [3.8, 4) is 0 Å². The number of sulfonamides is 1. The van der Waals surface area contributed by atoms with Gasteiger partial charge in [0.05, 0.1) is 10.1 Å². The van der Waals surface area contributed by atoms with E-state index in [1.807, 2.05) is 37.3 Å². The van der Waals surface area contributed by atoms with Gasteiger partial charge in [-0.2, -0.15) is 0 Å². The Bertz CT molecular complexity index is 1040. The molecule has 0 aliphatic carbocycles. The van der Waals surface area contributed by atoms with E-state index < -0.39 is 10.0 Å². The number of carbonyl (C=O) groups excluding carboxylic acids is 1. The fourth-order valence-electron chi connectivity index (χ4n) is 2.45. The van der Waals surface area contributed by atoms with Crippen LogP contribution in [0, 0.1) is 0 Å². The summed E-state index contributed by atoms with van der Waals surface area (Å²) in [7, 11) is -3.74. The highest BCUT2D eigenvalue weighted by Gasteiger charge is 2.16. The predicted molar refractivity (Wildman–Crippen MR) is 117 cm³/mol. The van der Waals surface area contributed by atoms with Crippen LogP contribution in [0.4, 0.5) is 11.5 Å². The van der Waals surface area contributed by atoms with Gasteiger partial charge in [0.15, 0.2) is 0 Å². The topological polar surface area (TPSA) is 88.2 Å². The highest BCUT2D eigenvalue weighted by Crippen LogP contribution is 2.21. The number of aromatic nitrogens is 1. The van der Waals surface area contributed by atoms with Gasteiger partial charge in [0.2, 0.25) is 5.91 Å². The molecule has 0 saturated carbocycles. The van der Waals surface area contributed by atoms with Gasteiger partial charge in [-0.05, 0) is 48.9 Å². The SMILES string of the molecule is CC(SCc1ccccc1)C(=O)Nc1ccc(S(=O)(=O)Nc2ccccn2)cc1. The van der Waals surface area contributed by atoms with Gasteiger partial charge in [0.25, 0.3) is 10.0 Å². The maximum absolute atomic E-state index is 12.4. The van der Waals surface area contributed by atoms with Crippen LogP contribution < -0.4 is 10.0 Å². The fourth-order valence-corrected chi connectivity index (χ4v) is 4.31. The molecule has 150 valence electrons. The van der Waals surface area contributed by atoms with Gasteiger partial charge in [-0.1, -0.05) is 36.4 Å². The van der Waals surface area contributed by atoms with Crippen molar-refractivity contribution < 1.29 is 13.2 Å². The first-order valence-corrected chi connectivity index (χ1v) is 11.5. The minimum Gasteiger partial charge on any atom is -0.325 e. The van der Waals surface area contributed by atoms with Crippen molar-refractivity contribution in [1.82, 2.24) is 4.98 Å². The molecular formula is C21H21N3O3S2. The smallest absolute Gasteiger partial charge is 0.263 e. The molecule has 8 heteroatoms. The van der Waals surface area contributed by atoms with Crippen LogP contribution in [-0.2, 0) is 20.6 Å². The number of pyridine rings is 1. The van der Waals surface area contributed by atoms with E-state index in [1.54, 1.807) is 42.1 Å². The third-order valence-corrected chi connectivity index (χ3v) is 6.63. The number of hydrogen-bond donors (Lipinski definition) is 2. The molecule has 1 amide bonds. The number of carbonyl (C=O) groups is 1. The normalized spacial score (nSPS) is 12.2. The van der Waals surface area contributed by atoms with Crippen molar-refractivity contribution in [3.05, 3.63) is 84.6 Å². The van der Waals surface area contributed by atoms with E-state index in [4.69, 9.17) is 0 Å². The molecular weight excluding hydrogens is 406 g/mol. The first kappa shape index (κ1) is 20.9. The van der Waals surface area contributed by atoms with Gasteiger partial charge in [-0.3, -0.25) is 9.52 Å². The maximum atomic E-state index is 12.4. The van der Waals surface area contributed by atoms with Crippen molar-refractivity contribution in [2.24, 2.45) is 0 Å². The number of nitrogens with one attached hydrogen (secondary N) is 2. The van der Waals surface area contributed by atoms with Gasteiger partial charge >= 0.3 is 0 Å². The molecule has 0 bridgehead atoms. The van der Waals surface area contributed by atoms with Crippen molar-refractivity contribution in [2.75, 3.05) is 10.0 Å². The number of thioether (sulfide) groups is 1. The lowest BCUT2D eigenvalue weighted by molar-refractivity contribution is -0.115. The molecule has 0 radical (unpaired) electrons. The minimum atomic E-state index is -3.74. The Hall–Kier alpha value is -2.84. The van der Waals surface area contributed by atoms with Gasteiger partial charge in [-0.15, -0.1) is 11.8 Å². The molecule has 0 aliphatic rings. The summed E-state index contributed by atoms with van der Waals surface area (Å²) in [6.07, 6.45) is 1.51. The predicted octanol–water partition coefficient (Wildman–Crippen LogP) is 4.14. The Kier molecular flexibility index (Phi) is 6.90. The number of amides is 1. The van der Waals surface area contributed by atoms with E-state index in [2.05, 4.69) is 15.0 Å². The van der Waals surface area contributed by atoms with Crippen LogP contribution in [0.3, 0.4) is 0 Å². The highest BCUT2D eigenvalue weighted by molar-refractivity contribution is 7.99. The standard InChI is InChI=1S/C21H21N3O3S2/c1-16(28-15-17-7-3-2-4-8-17)21(25)23-18-10-12-19(13-11-18)29(26,27)24-20-9-5-6-14-22-20/h2-14,16H,15H2,1H3,(H,22,24)(H,23,25). The van der Waals surface area contributed by atoms with Crippen LogP contribution in [0.25, 0.3) is 0 Å². The molecule has 0 saturated heterocycles. The van der Waals surface area contributed by atoms with Crippen molar-refractivity contribution in [2.45, 2.75) is 22.8 Å². The molecule has 0 aliphatic heterocycles. The number of anilines is 2. The molecule has 1 heterocycles. The Morgan fingerprint density at radius 1 is 1.00 bits per heavy atom. The second kappa shape index (κ2) is 9.58. The summed E-state index contributed by atoms with van der Waals surface area (Å²) < 4.78 is 27.3. The first-order chi connectivity index (χ1) is 13.9. The van der Waals surface area contributed by atoms with Gasteiger partial charge < -0.3 is 5.32 Å². The molecule has 3 rings (SSSR count). The number of hydrogen-bond acceptors (Lipinski definition) is 5. The lowest BCUT2D eigenvalue weighted by atomic mass is 10.2. The average molecular weight is 428 g/mol. The Morgan fingerprint density at radius 2 is 1.69 bits per heavy atom. The molecule has 1 unspecified atom stereocenters. The number of benzene rings is 2. The van der Waals surface area contributed by atoms with E-state index in [0.29, 0.717) is 5.69 Å². The van der Waals surface area contributed by atoms with Gasteiger partial charge in [-0.25, -0.2) is 13.4 Å². The minimum absolute atomic E-state index is 0.0904. The lowest BCUT2D eigenvalue weighted by Gasteiger charge is -2.13. The lowest BCUT2D eigenvalue weighted by Crippen LogP contribution is -2.22. The molecule has 6 nitrogen and oxygen atoms in total.